The second-order valence-corrected chi connectivity index (χ2v) is 4.30. The van der Waals surface area contributed by atoms with Gasteiger partial charge < -0.3 is 20.9 Å². The monoisotopic (exact) mass is 248 g/mol. The van der Waals surface area contributed by atoms with Crippen molar-refractivity contribution in [1.82, 2.24) is 0 Å². The van der Waals surface area contributed by atoms with Gasteiger partial charge in [-0.15, -0.1) is 0 Å². The number of aliphatic carboxylic acids is 1. The van der Waals surface area contributed by atoms with E-state index in [0.717, 1.165) is 0 Å². The molecule has 0 saturated heterocycles. The minimum atomic E-state index is -1.67. The van der Waals surface area contributed by atoms with Crippen molar-refractivity contribution in [2.45, 2.75) is 18.9 Å². The molecule has 7 heteroatoms. The van der Waals surface area contributed by atoms with E-state index in [4.69, 9.17) is 26.2 Å². The van der Waals surface area contributed by atoms with Crippen molar-refractivity contribution >= 4 is 18.6 Å². The molecule has 18 heavy (non-hydrogen) atoms. The molecule has 0 aliphatic heterocycles. The number of hydrogen-bond acceptors (Lipinski definition) is 5. The lowest BCUT2D eigenvalue weighted by Gasteiger charge is -2.20. The zero-order valence-electron chi connectivity index (χ0n) is 9.79. The number of carbonyl (C=O) groups is 1. The van der Waals surface area contributed by atoms with E-state index in [-0.39, 0.29) is 17.4 Å². The number of rotatable bonds is 4. The second kappa shape index (κ2) is 5.18. The van der Waals surface area contributed by atoms with Crippen LogP contribution < -0.4 is 11.2 Å². The maximum absolute atomic E-state index is 10.9. The molecule has 0 radical (unpaired) electrons. The van der Waals surface area contributed by atoms with Crippen molar-refractivity contribution in [1.29, 1.82) is 5.26 Å². The zero-order valence-corrected chi connectivity index (χ0v) is 9.79. The Kier molecular flexibility index (Phi) is 4.09. The molecule has 0 aromatic heterocycles. The number of nitrogens with zero attached hydrogens (tertiary/aromatic N) is 1. The number of nitriles is 1. The topological polar surface area (TPSA) is 128 Å². The smallest absolute Gasteiger partial charge is 0.480 e. The van der Waals surface area contributed by atoms with Crippen LogP contribution in [0.3, 0.4) is 0 Å². The van der Waals surface area contributed by atoms with Gasteiger partial charge in [0.15, 0.2) is 0 Å². The maximum Gasteiger partial charge on any atom is 0.488 e. The van der Waals surface area contributed by atoms with Gasteiger partial charge in [0, 0.05) is 6.42 Å². The first-order chi connectivity index (χ1) is 8.27. The summed E-state index contributed by atoms with van der Waals surface area (Å²) in [5, 5.41) is 35.8. The van der Waals surface area contributed by atoms with Crippen molar-refractivity contribution in [3.8, 4) is 6.07 Å². The predicted octanol–water partition coefficient (Wildman–Crippen LogP) is -1.42. The maximum atomic E-state index is 10.9. The molecule has 0 saturated carbocycles. The lowest BCUT2D eigenvalue weighted by molar-refractivity contribution is -0.142. The summed E-state index contributed by atoms with van der Waals surface area (Å²) in [6, 6.07) is 6.07. The molecule has 0 amide bonds. The molecule has 5 N–H and O–H groups in total. The van der Waals surface area contributed by atoms with Crippen LogP contribution in [-0.2, 0) is 11.2 Å². The van der Waals surface area contributed by atoms with Gasteiger partial charge in [0.25, 0.3) is 0 Å². The van der Waals surface area contributed by atoms with E-state index in [2.05, 4.69) is 0 Å². The Hall–Kier alpha value is -1.88. The highest BCUT2D eigenvalue weighted by molar-refractivity contribution is 6.58. The summed E-state index contributed by atoms with van der Waals surface area (Å²) in [4.78, 5) is 10.9. The van der Waals surface area contributed by atoms with Crippen LogP contribution in [0, 0.1) is 11.3 Å². The number of nitrogens with two attached hydrogens (primary N) is 1. The molecule has 0 aliphatic rings. The first-order valence-electron chi connectivity index (χ1n) is 5.19. The first-order valence-corrected chi connectivity index (χ1v) is 5.19. The predicted molar refractivity (Wildman–Crippen MR) is 64.9 cm³/mol. The summed E-state index contributed by atoms with van der Waals surface area (Å²) in [7, 11) is -1.67. The van der Waals surface area contributed by atoms with E-state index in [1.54, 1.807) is 0 Å². The Morgan fingerprint density at radius 2 is 2.17 bits per heavy atom. The Morgan fingerprint density at radius 3 is 2.61 bits per heavy atom. The van der Waals surface area contributed by atoms with Crippen molar-refractivity contribution in [3.05, 3.63) is 29.3 Å². The molecule has 1 aromatic carbocycles. The summed E-state index contributed by atoms with van der Waals surface area (Å²) in [6.45, 7) is 1.35. The van der Waals surface area contributed by atoms with Gasteiger partial charge in [0.05, 0.1) is 11.6 Å². The molecule has 0 bridgehead atoms. The average Bonchev–Trinajstić information content (AvgIpc) is 2.28. The van der Waals surface area contributed by atoms with Gasteiger partial charge in [-0.2, -0.15) is 5.26 Å². The highest BCUT2D eigenvalue weighted by atomic mass is 16.4. The standard InChI is InChI=1S/C11H13BN2O4/c1-11(14,10(15)16)5-7-2-3-9(12(17)18)4-8(7)6-13/h2-4,17-18H,5,14H2,1H3,(H,15,16)/t11-/m0/s1. The Balaban J connectivity index is 3.12. The minimum absolute atomic E-state index is 0.0208. The van der Waals surface area contributed by atoms with Gasteiger partial charge in [0.1, 0.15) is 5.54 Å². The third-order valence-electron chi connectivity index (χ3n) is 2.60. The van der Waals surface area contributed by atoms with Crippen LogP contribution in [0.4, 0.5) is 0 Å². The highest BCUT2D eigenvalue weighted by Crippen LogP contribution is 2.14. The SMILES string of the molecule is C[C@](N)(Cc1ccc(B(O)O)cc1C#N)C(=O)O. The van der Waals surface area contributed by atoms with Crippen molar-refractivity contribution < 1.29 is 19.9 Å². The molecule has 0 spiro atoms. The van der Waals surface area contributed by atoms with E-state index in [9.17, 15) is 4.79 Å². The molecular weight excluding hydrogens is 235 g/mol. The number of carboxylic acids is 1. The van der Waals surface area contributed by atoms with Gasteiger partial charge in [-0.05, 0) is 24.0 Å². The van der Waals surface area contributed by atoms with Gasteiger partial charge in [-0.1, -0.05) is 12.1 Å². The Morgan fingerprint density at radius 1 is 1.56 bits per heavy atom. The summed E-state index contributed by atoms with van der Waals surface area (Å²) in [5.41, 5.74) is 4.93. The van der Waals surface area contributed by atoms with Crippen LogP contribution in [0.2, 0.25) is 0 Å². The van der Waals surface area contributed by atoms with Crippen molar-refractivity contribution in [2.75, 3.05) is 0 Å². The molecule has 1 rings (SSSR count). The van der Waals surface area contributed by atoms with Crippen LogP contribution >= 0.6 is 0 Å². The molecular formula is C11H13BN2O4. The second-order valence-electron chi connectivity index (χ2n) is 4.30. The first kappa shape index (κ1) is 14.2. The fraction of sp³-hybridized carbons (Fsp3) is 0.273. The van der Waals surface area contributed by atoms with E-state index in [1.807, 2.05) is 6.07 Å². The van der Waals surface area contributed by atoms with Crippen LogP contribution in [0.5, 0.6) is 0 Å². The Labute approximate surface area is 104 Å². The minimum Gasteiger partial charge on any atom is -0.480 e. The molecule has 94 valence electrons. The van der Waals surface area contributed by atoms with E-state index >= 15 is 0 Å². The van der Waals surface area contributed by atoms with E-state index in [1.165, 1.54) is 25.1 Å². The molecule has 0 fully saturated rings. The third kappa shape index (κ3) is 3.08. The third-order valence-corrected chi connectivity index (χ3v) is 2.60. The molecule has 6 nitrogen and oxygen atoms in total. The van der Waals surface area contributed by atoms with E-state index in [0.29, 0.717) is 5.56 Å². The summed E-state index contributed by atoms with van der Waals surface area (Å²) >= 11 is 0. The van der Waals surface area contributed by atoms with Gasteiger partial charge in [0.2, 0.25) is 0 Å². The average molecular weight is 248 g/mol. The molecule has 1 atom stereocenters. The van der Waals surface area contributed by atoms with Gasteiger partial charge in [-0.25, -0.2) is 0 Å². The number of hydrogen-bond donors (Lipinski definition) is 4. The quantitative estimate of drug-likeness (QED) is 0.484. The van der Waals surface area contributed by atoms with Crippen molar-refractivity contribution in [3.63, 3.8) is 0 Å². The van der Waals surface area contributed by atoms with Crippen LogP contribution in [0.1, 0.15) is 18.1 Å². The highest BCUT2D eigenvalue weighted by Gasteiger charge is 2.29. The summed E-state index contributed by atoms with van der Waals surface area (Å²) in [6.07, 6.45) is -0.0208. The number of carboxylic acid groups (broad SMARTS) is 1. The van der Waals surface area contributed by atoms with Crippen LogP contribution in [0.15, 0.2) is 18.2 Å². The Bertz CT molecular complexity index is 508. The fourth-order valence-corrected chi connectivity index (χ4v) is 1.48. The zero-order chi connectivity index (χ0) is 13.9. The normalized spacial score (nSPS) is 13.5. The largest absolute Gasteiger partial charge is 0.488 e. The molecule has 1 aromatic rings. The van der Waals surface area contributed by atoms with Gasteiger partial charge >= 0.3 is 13.1 Å². The van der Waals surface area contributed by atoms with Crippen LogP contribution in [-0.4, -0.2) is 33.8 Å². The van der Waals surface area contributed by atoms with Crippen molar-refractivity contribution in [2.24, 2.45) is 5.73 Å². The van der Waals surface area contributed by atoms with Crippen LogP contribution in [0.25, 0.3) is 0 Å². The lowest BCUT2D eigenvalue weighted by Crippen LogP contribution is -2.47. The lowest BCUT2D eigenvalue weighted by atomic mass is 9.78. The number of benzene rings is 1. The summed E-state index contributed by atoms with van der Waals surface area (Å²) < 4.78 is 0. The fourth-order valence-electron chi connectivity index (χ4n) is 1.48. The molecule has 0 unspecified atom stereocenters. The van der Waals surface area contributed by atoms with E-state index < -0.39 is 18.6 Å². The van der Waals surface area contributed by atoms with Gasteiger partial charge in [-0.3, -0.25) is 4.79 Å². The summed E-state index contributed by atoms with van der Waals surface area (Å²) in [5.74, 6) is -1.17. The molecule has 0 heterocycles. The molecule has 0 aliphatic carbocycles.